The molecule has 1 heterocycles. The van der Waals surface area contributed by atoms with Gasteiger partial charge in [0, 0.05) is 11.7 Å². The molecule has 0 aliphatic heterocycles. The first-order valence-electron chi connectivity index (χ1n) is 6.90. The maximum absolute atomic E-state index is 13.0. The first-order chi connectivity index (χ1) is 10.9. The number of amides is 1. The normalized spacial score (nSPS) is 10.8. The van der Waals surface area contributed by atoms with Gasteiger partial charge >= 0.3 is 17.5 Å². The predicted octanol–water partition coefficient (Wildman–Crippen LogP) is 1.81. The van der Waals surface area contributed by atoms with Gasteiger partial charge in [-0.3, -0.25) is 4.90 Å². The number of carbonyl (C=O) groups excluding carboxylic acids is 1. The average molecular weight is 321 g/mol. The average Bonchev–Trinajstić information content (AvgIpc) is 2.77. The van der Waals surface area contributed by atoms with Crippen LogP contribution in [0.1, 0.15) is 13.8 Å². The second kappa shape index (κ2) is 6.47. The fraction of sp³-hybridized carbons (Fsp3) is 0.267. The van der Waals surface area contributed by atoms with E-state index in [-0.39, 0.29) is 12.6 Å². The Balaban J connectivity index is 2.49. The number of hydrogen-bond donors (Lipinski definition) is 0. The Morgan fingerprint density at radius 3 is 2.48 bits per heavy atom. The smallest absolute Gasteiger partial charge is 0.307 e. The van der Waals surface area contributed by atoms with Gasteiger partial charge in [-0.1, -0.05) is 10.8 Å². The van der Waals surface area contributed by atoms with Crippen molar-refractivity contribution in [2.75, 3.05) is 4.90 Å². The third-order valence-electron chi connectivity index (χ3n) is 3.11. The second-order valence-corrected chi connectivity index (χ2v) is 5.06. The highest BCUT2D eigenvalue weighted by molar-refractivity contribution is 5.93. The highest BCUT2D eigenvalue weighted by Gasteiger charge is 2.26. The lowest BCUT2D eigenvalue weighted by molar-refractivity contribution is 0.208. The van der Waals surface area contributed by atoms with Gasteiger partial charge in [0.25, 0.3) is 0 Å². The number of nitrogens with zero attached hydrogens (tertiary/aromatic N) is 3. The minimum absolute atomic E-state index is 0.0698. The molecule has 0 radical (unpaired) electrons. The molecule has 0 N–H and O–H groups in total. The van der Waals surface area contributed by atoms with Gasteiger partial charge in [-0.05, 0) is 38.1 Å². The van der Waals surface area contributed by atoms with Gasteiger partial charge in [0.05, 0.1) is 6.54 Å². The Labute approximate surface area is 130 Å². The molecule has 0 atom stereocenters. The molecule has 2 rings (SSSR count). The Hall–Kier alpha value is -2.90. The first kappa shape index (κ1) is 16.5. The minimum atomic E-state index is -0.953. The third-order valence-corrected chi connectivity index (χ3v) is 3.11. The molecule has 0 saturated heterocycles. The van der Waals surface area contributed by atoms with E-state index in [0.29, 0.717) is 10.4 Å². The van der Waals surface area contributed by atoms with Crippen molar-refractivity contribution in [2.45, 2.75) is 26.4 Å². The standard InChI is InChI=1S/C15H16FN3O4/c1-4-9-17-13(20)19(23-15(17)22)14(21)18(10(2)3)12-7-5-11(16)6-8-12/h4-8,10H,1,9H2,2-3H3. The van der Waals surface area contributed by atoms with Gasteiger partial charge in [-0.2, -0.15) is 0 Å². The Kier molecular flexibility index (Phi) is 4.63. The van der Waals surface area contributed by atoms with Crippen LogP contribution in [-0.4, -0.2) is 21.4 Å². The summed E-state index contributed by atoms with van der Waals surface area (Å²) in [5.74, 6) is -1.41. The molecule has 7 nitrogen and oxygen atoms in total. The summed E-state index contributed by atoms with van der Waals surface area (Å²) in [5, 5.41) is 0. The lowest BCUT2D eigenvalue weighted by Gasteiger charge is -2.25. The van der Waals surface area contributed by atoms with Crippen LogP contribution in [0.5, 0.6) is 0 Å². The van der Waals surface area contributed by atoms with Crippen LogP contribution in [0.25, 0.3) is 0 Å². The quantitative estimate of drug-likeness (QED) is 0.805. The van der Waals surface area contributed by atoms with Crippen LogP contribution in [0.2, 0.25) is 0 Å². The minimum Gasteiger partial charge on any atom is -0.307 e. The Morgan fingerprint density at radius 1 is 1.35 bits per heavy atom. The maximum atomic E-state index is 13.0. The van der Waals surface area contributed by atoms with Crippen molar-refractivity contribution in [1.29, 1.82) is 0 Å². The Bertz CT molecular complexity index is 830. The molecule has 0 bridgehead atoms. The number of carbonyl (C=O) groups is 1. The fourth-order valence-corrected chi connectivity index (χ4v) is 2.09. The van der Waals surface area contributed by atoms with E-state index in [1.54, 1.807) is 13.8 Å². The number of halogens is 1. The van der Waals surface area contributed by atoms with Crippen molar-refractivity contribution < 1.29 is 13.7 Å². The van der Waals surface area contributed by atoms with E-state index in [2.05, 4.69) is 6.58 Å². The van der Waals surface area contributed by atoms with Crippen LogP contribution in [-0.2, 0) is 6.54 Å². The zero-order valence-electron chi connectivity index (χ0n) is 12.7. The number of aromatic nitrogens is 2. The molecule has 8 heteroatoms. The van der Waals surface area contributed by atoms with E-state index >= 15 is 0 Å². The highest BCUT2D eigenvalue weighted by Crippen LogP contribution is 2.18. The molecule has 0 unspecified atom stereocenters. The van der Waals surface area contributed by atoms with Gasteiger partial charge < -0.3 is 4.52 Å². The zero-order chi connectivity index (χ0) is 17.1. The number of rotatable bonds is 4. The lowest BCUT2D eigenvalue weighted by atomic mass is 10.2. The van der Waals surface area contributed by atoms with Crippen molar-refractivity contribution in [3.63, 3.8) is 0 Å². The molecule has 1 aromatic heterocycles. The van der Waals surface area contributed by atoms with Crippen LogP contribution < -0.4 is 16.3 Å². The molecule has 2 aromatic rings. The molecule has 23 heavy (non-hydrogen) atoms. The van der Waals surface area contributed by atoms with Crippen molar-refractivity contribution in [3.05, 3.63) is 63.8 Å². The van der Waals surface area contributed by atoms with E-state index in [0.717, 1.165) is 4.57 Å². The summed E-state index contributed by atoms with van der Waals surface area (Å²) in [6.07, 6.45) is 1.34. The second-order valence-electron chi connectivity index (χ2n) is 5.06. The molecule has 0 saturated carbocycles. The highest BCUT2D eigenvalue weighted by atomic mass is 19.1. The number of hydrogen-bond acceptors (Lipinski definition) is 4. The SMILES string of the molecule is C=CCn1c(=O)on(C(=O)N(c2ccc(F)cc2)C(C)C)c1=O. The summed E-state index contributed by atoms with van der Waals surface area (Å²) in [6, 6.07) is 4.00. The fourth-order valence-electron chi connectivity index (χ4n) is 2.09. The topological polar surface area (TPSA) is 77.5 Å². The van der Waals surface area contributed by atoms with E-state index in [1.165, 1.54) is 35.2 Å². The van der Waals surface area contributed by atoms with Crippen LogP contribution in [0.15, 0.2) is 51.0 Å². The van der Waals surface area contributed by atoms with Crippen LogP contribution >= 0.6 is 0 Å². The molecule has 0 aliphatic rings. The van der Waals surface area contributed by atoms with E-state index < -0.39 is 23.3 Å². The molecule has 0 spiro atoms. The van der Waals surface area contributed by atoms with Gasteiger partial charge in [-0.25, -0.2) is 23.3 Å². The van der Waals surface area contributed by atoms with Crippen LogP contribution in [0.3, 0.4) is 0 Å². The van der Waals surface area contributed by atoms with Crippen LogP contribution in [0, 0.1) is 5.82 Å². The van der Waals surface area contributed by atoms with E-state index in [1.807, 2.05) is 0 Å². The van der Waals surface area contributed by atoms with Crippen LogP contribution in [0.4, 0.5) is 14.9 Å². The van der Waals surface area contributed by atoms with E-state index in [4.69, 9.17) is 4.52 Å². The monoisotopic (exact) mass is 321 g/mol. The van der Waals surface area contributed by atoms with E-state index in [9.17, 15) is 18.8 Å². The molecular weight excluding hydrogens is 305 g/mol. The van der Waals surface area contributed by atoms with Gasteiger partial charge in [0.1, 0.15) is 5.82 Å². The molecule has 1 aromatic carbocycles. The summed E-state index contributed by atoms with van der Waals surface area (Å²) in [6.45, 7) is 6.79. The number of benzene rings is 1. The summed E-state index contributed by atoms with van der Waals surface area (Å²) in [4.78, 5) is 37.6. The van der Waals surface area contributed by atoms with Crippen molar-refractivity contribution in [1.82, 2.24) is 9.31 Å². The molecule has 0 fully saturated rings. The molecule has 0 aliphatic carbocycles. The summed E-state index contributed by atoms with van der Waals surface area (Å²) < 4.78 is 18.9. The maximum Gasteiger partial charge on any atom is 0.443 e. The lowest BCUT2D eigenvalue weighted by Crippen LogP contribution is -2.44. The molecule has 1 amide bonds. The largest absolute Gasteiger partial charge is 0.443 e. The summed E-state index contributed by atoms with van der Waals surface area (Å²) in [5.41, 5.74) is -0.523. The summed E-state index contributed by atoms with van der Waals surface area (Å²) in [7, 11) is 0. The number of allylic oxidation sites excluding steroid dienone is 1. The third kappa shape index (κ3) is 3.15. The van der Waals surface area contributed by atoms with Crippen molar-refractivity contribution in [3.8, 4) is 0 Å². The predicted molar refractivity (Wildman–Crippen MR) is 82.2 cm³/mol. The van der Waals surface area contributed by atoms with Gasteiger partial charge in [0.15, 0.2) is 0 Å². The number of anilines is 1. The molecule has 122 valence electrons. The zero-order valence-corrected chi connectivity index (χ0v) is 12.7. The Morgan fingerprint density at radius 2 is 1.96 bits per heavy atom. The van der Waals surface area contributed by atoms with Gasteiger partial charge in [-0.15, -0.1) is 6.58 Å². The summed E-state index contributed by atoms with van der Waals surface area (Å²) >= 11 is 0. The first-order valence-corrected chi connectivity index (χ1v) is 6.90. The van der Waals surface area contributed by atoms with Crippen molar-refractivity contribution >= 4 is 11.7 Å². The van der Waals surface area contributed by atoms with Crippen molar-refractivity contribution in [2.24, 2.45) is 0 Å². The molecular formula is C15H16FN3O4. The van der Waals surface area contributed by atoms with Gasteiger partial charge in [0.2, 0.25) is 0 Å².